The first kappa shape index (κ1) is 14.7. The molecule has 1 aliphatic carbocycles. The highest BCUT2D eigenvalue weighted by molar-refractivity contribution is 5.63. The summed E-state index contributed by atoms with van der Waals surface area (Å²) in [7, 11) is 0. The fourth-order valence-corrected chi connectivity index (χ4v) is 1.76. The molecule has 0 aromatic rings. The Bertz CT molecular complexity index is 348. The summed E-state index contributed by atoms with van der Waals surface area (Å²) in [4.78, 5) is 0. The number of allylic oxidation sites excluding steroid dienone is 5. The van der Waals surface area contributed by atoms with Gasteiger partial charge >= 0.3 is 0 Å². The van der Waals surface area contributed by atoms with E-state index in [0.29, 0.717) is 11.8 Å². The topological polar surface area (TPSA) is 15.6 Å². The Morgan fingerprint density at radius 2 is 2.06 bits per heavy atom. The molecule has 1 unspecified atom stereocenters. The highest BCUT2D eigenvalue weighted by Gasteiger charge is 2.21. The molecule has 100 valence electrons. The Labute approximate surface area is 112 Å². The van der Waals surface area contributed by atoms with Crippen molar-refractivity contribution in [3.8, 4) is 0 Å². The van der Waals surface area contributed by atoms with E-state index < -0.39 is 0 Å². The van der Waals surface area contributed by atoms with Crippen molar-refractivity contribution in [3.05, 3.63) is 36.1 Å². The summed E-state index contributed by atoms with van der Waals surface area (Å²) in [5.41, 5.74) is 1.20. The second-order valence-corrected chi connectivity index (χ2v) is 5.12. The predicted octanol–water partition coefficient (Wildman–Crippen LogP) is 4.38. The fraction of sp³-hybridized carbons (Fsp3) is 0.562. The molecule has 1 atom stereocenters. The first-order chi connectivity index (χ1) is 8.69. The largest absolute Gasteiger partial charge is 0.265 e. The highest BCUT2D eigenvalue weighted by atomic mass is 15.5. The van der Waals surface area contributed by atoms with Gasteiger partial charge in [-0.3, -0.25) is 5.01 Å². The van der Waals surface area contributed by atoms with Gasteiger partial charge in [0.15, 0.2) is 0 Å². The monoisotopic (exact) mass is 246 g/mol. The molecule has 2 aliphatic rings. The van der Waals surface area contributed by atoms with Crippen molar-refractivity contribution in [3.63, 3.8) is 0 Å². The van der Waals surface area contributed by atoms with Crippen LogP contribution in [0, 0.1) is 11.8 Å². The third-order valence-electron chi connectivity index (χ3n) is 2.90. The third-order valence-corrected chi connectivity index (χ3v) is 2.90. The molecule has 0 aromatic heterocycles. The van der Waals surface area contributed by atoms with Crippen LogP contribution in [0.4, 0.5) is 0 Å². The molecule has 0 saturated carbocycles. The summed E-state index contributed by atoms with van der Waals surface area (Å²) in [6.07, 6.45) is 15.1. The van der Waals surface area contributed by atoms with Crippen LogP contribution in [0.25, 0.3) is 0 Å². The van der Waals surface area contributed by atoms with E-state index in [1.54, 1.807) is 0 Å². The molecule has 2 heteroatoms. The van der Waals surface area contributed by atoms with E-state index in [1.165, 1.54) is 12.1 Å². The summed E-state index contributed by atoms with van der Waals surface area (Å²) < 4.78 is 0. The van der Waals surface area contributed by atoms with E-state index in [4.69, 9.17) is 0 Å². The van der Waals surface area contributed by atoms with Gasteiger partial charge in [0.05, 0.1) is 5.70 Å². The molecule has 1 heterocycles. The van der Waals surface area contributed by atoms with E-state index in [0.717, 1.165) is 13.0 Å². The lowest BCUT2D eigenvalue weighted by Crippen LogP contribution is -2.20. The lowest BCUT2D eigenvalue weighted by atomic mass is 9.98. The van der Waals surface area contributed by atoms with Gasteiger partial charge in [-0.15, -0.1) is 0 Å². The maximum atomic E-state index is 4.46. The van der Waals surface area contributed by atoms with Crippen LogP contribution < -0.4 is 0 Å². The van der Waals surface area contributed by atoms with E-state index in [9.17, 15) is 0 Å². The minimum Gasteiger partial charge on any atom is -0.265 e. The smallest absolute Gasteiger partial charge is 0.0590 e. The number of nitrogens with zero attached hydrogens (tertiary/aromatic N) is 2. The number of hydrogen-bond donors (Lipinski definition) is 0. The summed E-state index contributed by atoms with van der Waals surface area (Å²) in [5.74, 6) is 1.26. The van der Waals surface area contributed by atoms with Gasteiger partial charge in [0.25, 0.3) is 0 Å². The van der Waals surface area contributed by atoms with Gasteiger partial charge in [0.2, 0.25) is 0 Å². The van der Waals surface area contributed by atoms with E-state index in [-0.39, 0.29) is 0 Å². The molecule has 0 amide bonds. The van der Waals surface area contributed by atoms with Gasteiger partial charge in [-0.05, 0) is 24.5 Å². The van der Waals surface area contributed by atoms with Crippen LogP contribution in [0.15, 0.2) is 41.2 Å². The molecule has 0 fully saturated rings. The molecule has 0 aromatic carbocycles. The Morgan fingerprint density at radius 3 is 2.67 bits per heavy atom. The molecular weight excluding hydrogens is 220 g/mol. The molecule has 2 rings (SSSR count). The zero-order valence-corrected chi connectivity index (χ0v) is 12.1. The van der Waals surface area contributed by atoms with Gasteiger partial charge in [0.1, 0.15) is 0 Å². The van der Waals surface area contributed by atoms with E-state index in [1.807, 2.05) is 0 Å². The van der Waals surface area contributed by atoms with E-state index >= 15 is 0 Å². The maximum absolute atomic E-state index is 4.46. The van der Waals surface area contributed by atoms with Crippen molar-refractivity contribution in [2.75, 3.05) is 6.54 Å². The van der Waals surface area contributed by atoms with Crippen molar-refractivity contribution in [2.24, 2.45) is 16.9 Å². The Kier molecular flexibility index (Phi) is 6.48. The third kappa shape index (κ3) is 4.52. The van der Waals surface area contributed by atoms with Crippen molar-refractivity contribution in [1.82, 2.24) is 5.01 Å². The minimum atomic E-state index is 0.589. The summed E-state index contributed by atoms with van der Waals surface area (Å²) >= 11 is 0. The Balaban J connectivity index is 0.000000492. The van der Waals surface area contributed by atoms with Gasteiger partial charge in [0, 0.05) is 18.7 Å². The van der Waals surface area contributed by atoms with E-state index in [2.05, 4.69) is 74.4 Å². The standard InChI is InChI=1S/C13H18N2.C3H8/c1-11(2)12-9-14-15(10-12)13-7-5-3-4-6-8-13;1-3-2/h3,5-9,11-12H,4,10H2,1-2H3;3H2,1-2H3. The number of hydrazone groups is 1. The zero-order valence-electron chi connectivity index (χ0n) is 12.1. The quantitative estimate of drug-likeness (QED) is 0.706. The SMILES string of the molecule is CC(C)C1C=NN(C2=CC=CCC=C2)C1.CCC. The molecule has 0 radical (unpaired) electrons. The van der Waals surface area contributed by atoms with Gasteiger partial charge in [-0.25, -0.2) is 0 Å². The van der Waals surface area contributed by atoms with Gasteiger partial charge in [-0.2, -0.15) is 5.10 Å². The molecule has 1 aliphatic heterocycles. The average Bonchev–Trinajstić information content (AvgIpc) is 2.67. The maximum Gasteiger partial charge on any atom is 0.0590 e. The highest BCUT2D eigenvalue weighted by Crippen LogP contribution is 2.21. The lowest BCUT2D eigenvalue weighted by Gasteiger charge is -2.18. The Morgan fingerprint density at radius 1 is 1.33 bits per heavy atom. The average molecular weight is 246 g/mol. The summed E-state index contributed by atoms with van der Waals surface area (Å²) in [6, 6.07) is 0. The normalized spacial score (nSPS) is 21.7. The number of hydrogen-bond acceptors (Lipinski definition) is 2. The number of rotatable bonds is 2. The lowest BCUT2D eigenvalue weighted by molar-refractivity contribution is 0.346. The predicted molar refractivity (Wildman–Crippen MR) is 80.5 cm³/mol. The first-order valence-electron chi connectivity index (χ1n) is 7.04. The van der Waals surface area contributed by atoms with Crippen LogP contribution in [-0.2, 0) is 0 Å². The zero-order chi connectivity index (χ0) is 13.4. The minimum absolute atomic E-state index is 0.589. The van der Waals surface area contributed by atoms with Crippen molar-refractivity contribution in [1.29, 1.82) is 0 Å². The molecule has 0 spiro atoms. The van der Waals surface area contributed by atoms with Crippen LogP contribution in [0.5, 0.6) is 0 Å². The van der Waals surface area contributed by atoms with Gasteiger partial charge in [-0.1, -0.05) is 52.3 Å². The molecule has 18 heavy (non-hydrogen) atoms. The van der Waals surface area contributed by atoms with Crippen molar-refractivity contribution in [2.45, 2.75) is 40.5 Å². The molecule has 0 N–H and O–H groups in total. The fourth-order valence-electron chi connectivity index (χ4n) is 1.76. The second kappa shape index (κ2) is 7.91. The van der Waals surface area contributed by atoms with Crippen LogP contribution >= 0.6 is 0 Å². The molecule has 0 bridgehead atoms. The Hall–Kier alpha value is -1.31. The van der Waals surface area contributed by atoms with Gasteiger partial charge < -0.3 is 0 Å². The summed E-state index contributed by atoms with van der Waals surface area (Å²) in [6.45, 7) is 9.76. The van der Waals surface area contributed by atoms with Crippen molar-refractivity contribution < 1.29 is 0 Å². The molecule has 0 saturated heterocycles. The van der Waals surface area contributed by atoms with Crippen molar-refractivity contribution >= 4 is 6.21 Å². The van der Waals surface area contributed by atoms with Crippen LogP contribution in [0.2, 0.25) is 0 Å². The summed E-state index contributed by atoms with van der Waals surface area (Å²) in [5, 5.41) is 6.55. The molecule has 2 nitrogen and oxygen atoms in total. The first-order valence-corrected chi connectivity index (χ1v) is 7.04. The van der Waals surface area contributed by atoms with Crippen LogP contribution in [-0.4, -0.2) is 17.8 Å². The molecular formula is C16H26N2. The second-order valence-electron chi connectivity index (χ2n) is 5.12. The van der Waals surface area contributed by atoms with Crippen LogP contribution in [0.3, 0.4) is 0 Å². The van der Waals surface area contributed by atoms with Crippen LogP contribution in [0.1, 0.15) is 40.5 Å².